The first-order valence-electron chi connectivity index (χ1n) is 10.7. The molecule has 4 aromatic rings. The standard InChI is InChI=1S/C27H20Br2O6/c1-16(30)35-19(14-33-26(31)22-12-10-17-6-2-4-8-20(17)24(22)28)15-34-27(32)23-13-11-18-7-3-5-9-21(18)25(23)29/h2-13,19H,14-15H2,1H3. The van der Waals surface area contributed by atoms with E-state index in [0.717, 1.165) is 21.5 Å². The van der Waals surface area contributed by atoms with E-state index in [-0.39, 0.29) is 13.2 Å². The summed E-state index contributed by atoms with van der Waals surface area (Å²) in [5, 5.41) is 3.68. The van der Waals surface area contributed by atoms with Gasteiger partial charge < -0.3 is 14.2 Å². The molecule has 0 unspecified atom stereocenters. The molecule has 0 heterocycles. The van der Waals surface area contributed by atoms with Crippen molar-refractivity contribution in [1.82, 2.24) is 0 Å². The minimum Gasteiger partial charge on any atom is -0.458 e. The summed E-state index contributed by atoms with van der Waals surface area (Å²) in [7, 11) is 0. The molecule has 0 aromatic heterocycles. The molecule has 0 amide bonds. The molecule has 0 N–H and O–H groups in total. The van der Waals surface area contributed by atoms with Crippen LogP contribution in [0.15, 0.2) is 81.7 Å². The third kappa shape index (κ3) is 5.71. The topological polar surface area (TPSA) is 78.9 Å². The van der Waals surface area contributed by atoms with Crippen molar-refractivity contribution in [2.45, 2.75) is 13.0 Å². The van der Waals surface area contributed by atoms with Crippen LogP contribution in [0.1, 0.15) is 27.6 Å². The van der Waals surface area contributed by atoms with E-state index in [9.17, 15) is 14.4 Å². The van der Waals surface area contributed by atoms with Crippen LogP contribution >= 0.6 is 31.9 Å². The van der Waals surface area contributed by atoms with Crippen LogP contribution < -0.4 is 0 Å². The molecule has 0 aliphatic heterocycles. The van der Waals surface area contributed by atoms with Crippen LogP contribution in [0.5, 0.6) is 0 Å². The van der Waals surface area contributed by atoms with Gasteiger partial charge in [-0.15, -0.1) is 0 Å². The number of hydrogen-bond donors (Lipinski definition) is 0. The van der Waals surface area contributed by atoms with E-state index in [2.05, 4.69) is 31.9 Å². The van der Waals surface area contributed by atoms with Gasteiger partial charge in [0, 0.05) is 15.9 Å². The maximum Gasteiger partial charge on any atom is 0.339 e. The van der Waals surface area contributed by atoms with Crippen LogP contribution in [-0.4, -0.2) is 37.2 Å². The Balaban J connectivity index is 1.43. The molecule has 4 rings (SSSR count). The number of hydrogen-bond acceptors (Lipinski definition) is 6. The van der Waals surface area contributed by atoms with E-state index in [1.807, 2.05) is 60.7 Å². The second kappa shape index (κ2) is 11.0. The van der Waals surface area contributed by atoms with Crippen LogP contribution in [0.4, 0.5) is 0 Å². The summed E-state index contributed by atoms with van der Waals surface area (Å²) >= 11 is 6.94. The molecular formula is C27H20Br2O6. The zero-order chi connectivity index (χ0) is 24.9. The fourth-order valence-corrected chi connectivity index (χ4v) is 4.94. The number of ether oxygens (including phenoxy) is 3. The zero-order valence-corrected chi connectivity index (χ0v) is 21.8. The van der Waals surface area contributed by atoms with Gasteiger partial charge in [0.2, 0.25) is 0 Å². The van der Waals surface area contributed by atoms with Crippen molar-refractivity contribution in [1.29, 1.82) is 0 Å². The lowest BCUT2D eigenvalue weighted by Gasteiger charge is -2.18. The predicted molar refractivity (Wildman–Crippen MR) is 139 cm³/mol. The van der Waals surface area contributed by atoms with Crippen molar-refractivity contribution in [2.24, 2.45) is 0 Å². The number of benzene rings is 4. The van der Waals surface area contributed by atoms with Crippen LogP contribution in [0.3, 0.4) is 0 Å². The van der Waals surface area contributed by atoms with Gasteiger partial charge in [-0.05, 0) is 65.5 Å². The second-order valence-electron chi connectivity index (χ2n) is 7.72. The number of fused-ring (bicyclic) bond motifs is 2. The van der Waals surface area contributed by atoms with Crippen LogP contribution in [0.25, 0.3) is 21.5 Å². The van der Waals surface area contributed by atoms with Gasteiger partial charge in [0.25, 0.3) is 0 Å². The van der Waals surface area contributed by atoms with E-state index in [1.54, 1.807) is 12.1 Å². The average molecular weight is 600 g/mol. The average Bonchev–Trinajstić information content (AvgIpc) is 2.86. The molecule has 178 valence electrons. The Kier molecular flexibility index (Phi) is 7.83. The molecule has 35 heavy (non-hydrogen) atoms. The summed E-state index contributed by atoms with van der Waals surface area (Å²) in [6, 6.07) is 22.2. The normalized spacial score (nSPS) is 11.0. The molecule has 0 spiro atoms. The number of carbonyl (C=O) groups is 3. The number of carbonyl (C=O) groups excluding carboxylic acids is 3. The molecule has 0 aliphatic carbocycles. The fourth-order valence-electron chi connectivity index (χ4n) is 3.63. The van der Waals surface area contributed by atoms with Crippen molar-refractivity contribution in [2.75, 3.05) is 13.2 Å². The molecule has 6 nitrogen and oxygen atoms in total. The lowest BCUT2D eigenvalue weighted by molar-refractivity contribution is -0.151. The highest BCUT2D eigenvalue weighted by Gasteiger charge is 2.22. The summed E-state index contributed by atoms with van der Waals surface area (Å²) in [6.07, 6.45) is -0.959. The van der Waals surface area contributed by atoms with E-state index >= 15 is 0 Å². The maximum atomic E-state index is 12.7. The van der Waals surface area contributed by atoms with Gasteiger partial charge in [0.1, 0.15) is 13.2 Å². The van der Waals surface area contributed by atoms with Gasteiger partial charge in [0.15, 0.2) is 6.10 Å². The first kappa shape index (κ1) is 24.9. The van der Waals surface area contributed by atoms with Crippen molar-refractivity contribution in [3.63, 3.8) is 0 Å². The highest BCUT2D eigenvalue weighted by atomic mass is 79.9. The Morgan fingerprint density at radius 2 is 1.11 bits per heavy atom. The van der Waals surface area contributed by atoms with Crippen LogP contribution in [0, 0.1) is 0 Å². The van der Waals surface area contributed by atoms with Crippen molar-refractivity contribution < 1.29 is 28.6 Å². The SMILES string of the molecule is CC(=O)OC(COC(=O)c1ccc2ccccc2c1Br)COC(=O)c1ccc2ccccc2c1Br. The predicted octanol–water partition coefficient (Wildman–Crippen LogP) is 6.46. The van der Waals surface area contributed by atoms with Crippen molar-refractivity contribution in [3.05, 3.63) is 92.9 Å². The molecule has 0 bridgehead atoms. The fraction of sp³-hybridized carbons (Fsp3) is 0.148. The Morgan fingerprint density at radius 3 is 1.54 bits per heavy atom. The highest BCUT2D eigenvalue weighted by molar-refractivity contribution is 9.11. The Morgan fingerprint density at radius 1 is 0.686 bits per heavy atom. The third-order valence-electron chi connectivity index (χ3n) is 5.30. The summed E-state index contributed by atoms with van der Waals surface area (Å²) < 4.78 is 17.2. The van der Waals surface area contributed by atoms with Gasteiger partial charge in [-0.25, -0.2) is 9.59 Å². The molecule has 0 aliphatic rings. The second-order valence-corrected chi connectivity index (χ2v) is 9.31. The number of halogens is 2. The highest BCUT2D eigenvalue weighted by Crippen LogP contribution is 2.29. The van der Waals surface area contributed by atoms with Gasteiger partial charge in [-0.1, -0.05) is 60.7 Å². The third-order valence-corrected chi connectivity index (χ3v) is 7.01. The molecule has 0 saturated heterocycles. The van der Waals surface area contributed by atoms with Gasteiger partial charge in [-0.2, -0.15) is 0 Å². The Bertz CT molecular complexity index is 1330. The summed E-state index contributed by atoms with van der Waals surface area (Å²) in [5.74, 6) is -1.77. The molecule has 0 fully saturated rings. The van der Waals surface area contributed by atoms with E-state index in [4.69, 9.17) is 14.2 Å². The van der Waals surface area contributed by atoms with Crippen molar-refractivity contribution >= 4 is 71.3 Å². The van der Waals surface area contributed by atoms with Gasteiger partial charge >= 0.3 is 17.9 Å². The number of esters is 3. The van der Waals surface area contributed by atoms with Crippen LogP contribution in [-0.2, 0) is 19.0 Å². The zero-order valence-electron chi connectivity index (χ0n) is 18.6. The largest absolute Gasteiger partial charge is 0.458 e. The van der Waals surface area contributed by atoms with Crippen molar-refractivity contribution in [3.8, 4) is 0 Å². The number of rotatable bonds is 7. The molecule has 0 atom stereocenters. The first-order chi connectivity index (χ1) is 16.8. The monoisotopic (exact) mass is 598 g/mol. The molecular weight excluding hydrogens is 580 g/mol. The lowest BCUT2D eigenvalue weighted by Crippen LogP contribution is -2.30. The Hall–Kier alpha value is -3.23. The minimum absolute atomic E-state index is 0.274. The maximum absolute atomic E-state index is 12.7. The lowest BCUT2D eigenvalue weighted by atomic mass is 10.1. The molecule has 8 heteroatoms. The van der Waals surface area contributed by atoms with Crippen LogP contribution in [0.2, 0.25) is 0 Å². The van der Waals surface area contributed by atoms with E-state index in [1.165, 1.54) is 6.92 Å². The quantitative estimate of drug-likeness (QED) is 0.179. The minimum atomic E-state index is -0.959. The smallest absolute Gasteiger partial charge is 0.339 e. The van der Waals surface area contributed by atoms with Gasteiger partial charge in [-0.3, -0.25) is 4.79 Å². The van der Waals surface area contributed by atoms with E-state index in [0.29, 0.717) is 20.1 Å². The summed E-state index contributed by atoms with van der Waals surface area (Å²) in [4.78, 5) is 37.0. The summed E-state index contributed by atoms with van der Waals surface area (Å²) in [6.45, 7) is 0.685. The van der Waals surface area contributed by atoms with Gasteiger partial charge in [0.05, 0.1) is 11.1 Å². The first-order valence-corrected chi connectivity index (χ1v) is 12.3. The molecule has 4 aromatic carbocycles. The molecule has 0 saturated carbocycles. The molecule has 0 radical (unpaired) electrons. The Labute approximate surface area is 218 Å². The van der Waals surface area contributed by atoms with E-state index < -0.39 is 24.0 Å². The summed E-state index contributed by atoms with van der Waals surface area (Å²) in [5.41, 5.74) is 0.671.